The number of rotatable bonds is 1. The van der Waals surface area contributed by atoms with Crippen molar-refractivity contribution in [3.63, 3.8) is 0 Å². The maximum atomic E-state index is 12.2. The van der Waals surface area contributed by atoms with Crippen LogP contribution in [0.1, 0.15) is 31.9 Å². The van der Waals surface area contributed by atoms with Gasteiger partial charge in [-0.15, -0.1) is 0 Å². The van der Waals surface area contributed by atoms with Gasteiger partial charge in [-0.05, 0) is 44.7 Å². The Hall–Kier alpha value is -2.04. The van der Waals surface area contributed by atoms with Crippen LogP contribution in [0.2, 0.25) is 0 Å². The van der Waals surface area contributed by atoms with Crippen molar-refractivity contribution >= 4 is 12.1 Å². The van der Waals surface area contributed by atoms with E-state index in [-0.39, 0.29) is 5.41 Å². The van der Waals surface area contributed by atoms with Crippen LogP contribution >= 0.6 is 0 Å². The van der Waals surface area contributed by atoms with Gasteiger partial charge in [0.1, 0.15) is 11.6 Å². The first-order chi connectivity index (χ1) is 10.2. The van der Waals surface area contributed by atoms with E-state index in [1.165, 1.54) is 16.0 Å². The first kappa shape index (κ1) is 14.9. The molecule has 1 saturated heterocycles. The monoisotopic (exact) mass is 303 g/mol. The lowest BCUT2D eigenvalue weighted by Crippen LogP contribution is -2.70. The zero-order chi connectivity index (χ0) is 16.1. The van der Waals surface area contributed by atoms with Gasteiger partial charge in [-0.25, -0.2) is 9.59 Å². The Kier molecular flexibility index (Phi) is 3.20. The molecule has 1 unspecified atom stereocenters. The second-order valence-corrected chi connectivity index (χ2v) is 7.33. The van der Waals surface area contributed by atoms with Gasteiger partial charge in [-0.2, -0.15) is 0 Å². The molecule has 5 nitrogen and oxygen atoms in total. The minimum Gasteiger partial charge on any atom is -0.480 e. The van der Waals surface area contributed by atoms with Gasteiger partial charge in [0.2, 0.25) is 0 Å². The van der Waals surface area contributed by atoms with E-state index in [1.807, 2.05) is 24.3 Å². The van der Waals surface area contributed by atoms with Crippen molar-refractivity contribution in [1.82, 2.24) is 4.90 Å². The molecule has 0 radical (unpaired) electrons. The van der Waals surface area contributed by atoms with E-state index >= 15 is 0 Å². The van der Waals surface area contributed by atoms with Crippen LogP contribution in [-0.2, 0) is 22.4 Å². The quantitative estimate of drug-likeness (QED) is 0.865. The molecule has 1 fully saturated rings. The second kappa shape index (κ2) is 4.73. The highest BCUT2D eigenvalue weighted by atomic mass is 16.6. The Bertz CT molecular complexity index is 607. The number of benzene rings is 1. The minimum atomic E-state index is -0.954. The van der Waals surface area contributed by atoms with Crippen molar-refractivity contribution in [3.05, 3.63) is 35.4 Å². The number of fused-ring (bicyclic) bond motifs is 1. The van der Waals surface area contributed by atoms with Crippen molar-refractivity contribution in [2.45, 2.75) is 45.3 Å². The highest BCUT2D eigenvalue weighted by Gasteiger charge is 2.61. The van der Waals surface area contributed by atoms with E-state index < -0.39 is 23.7 Å². The lowest BCUT2D eigenvalue weighted by atomic mass is 9.69. The first-order valence-electron chi connectivity index (χ1n) is 7.51. The van der Waals surface area contributed by atoms with Gasteiger partial charge in [-0.1, -0.05) is 24.3 Å². The summed E-state index contributed by atoms with van der Waals surface area (Å²) >= 11 is 0. The Morgan fingerprint density at radius 3 is 2.23 bits per heavy atom. The van der Waals surface area contributed by atoms with Crippen molar-refractivity contribution in [2.24, 2.45) is 5.41 Å². The number of aliphatic carboxylic acids is 1. The molecule has 1 spiro atoms. The molecule has 0 saturated carbocycles. The molecule has 5 heteroatoms. The number of hydrogen-bond donors (Lipinski definition) is 1. The molecule has 1 aliphatic heterocycles. The molecule has 1 atom stereocenters. The van der Waals surface area contributed by atoms with Crippen LogP contribution < -0.4 is 0 Å². The van der Waals surface area contributed by atoms with Crippen LogP contribution in [0.15, 0.2) is 24.3 Å². The number of carbonyl (C=O) groups is 2. The predicted octanol–water partition coefficient (Wildman–Crippen LogP) is 2.48. The highest BCUT2D eigenvalue weighted by Crippen LogP contribution is 2.49. The number of ether oxygens (including phenoxy) is 1. The fourth-order valence-electron chi connectivity index (χ4n) is 3.65. The summed E-state index contributed by atoms with van der Waals surface area (Å²) in [6, 6.07) is 7.21. The zero-order valence-electron chi connectivity index (χ0n) is 13.1. The van der Waals surface area contributed by atoms with E-state index in [2.05, 4.69) is 0 Å². The number of carboxylic acids is 1. The molecule has 1 aliphatic carbocycles. The summed E-state index contributed by atoms with van der Waals surface area (Å²) < 4.78 is 5.33. The molecule has 2 aliphatic rings. The normalized spacial score (nSPS) is 22.1. The molecular formula is C17H21NO4. The third-order valence-corrected chi connectivity index (χ3v) is 4.44. The first-order valence-corrected chi connectivity index (χ1v) is 7.51. The van der Waals surface area contributed by atoms with Crippen LogP contribution in [0.3, 0.4) is 0 Å². The fraction of sp³-hybridized carbons (Fsp3) is 0.529. The van der Waals surface area contributed by atoms with Crippen LogP contribution in [0.5, 0.6) is 0 Å². The summed E-state index contributed by atoms with van der Waals surface area (Å²) in [7, 11) is 0. The summed E-state index contributed by atoms with van der Waals surface area (Å²) in [6.07, 6.45) is 0.875. The molecule has 22 heavy (non-hydrogen) atoms. The second-order valence-electron chi connectivity index (χ2n) is 7.33. The maximum Gasteiger partial charge on any atom is 0.411 e. The topological polar surface area (TPSA) is 66.8 Å². The Balaban J connectivity index is 1.80. The van der Waals surface area contributed by atoms with Gasteiger partial charge in [0.05, 0.1) is 0 Å². The molecule has 3 rings (SSSR count). The van der Waals surface area contributed by atoms with Crippen molar-refractivity contribution in [2.75, 3.05) is 6.54 Å². The van der Waals surface area contributed by atoms with Gasteiger partial charge in [0.15, 0.2) is 0 Å². The van der Waals surface area contributed by atoms with Crippen LogP contribution in [-0.4, -0.2) is 40.3 Å². The summed E-state index contributed by atoms with van der Waals surface area (Å²) in [6.45, 7) is 5.78. The molecule has 1 aromatic carbocycles. The number of likely N-dealkylation sites (tertiary alicyclic amines) is 1. The number of amides is 1. The summed E-state index contributed by atoms with van der Waals surface area (Å²) in [4.78, 5) is 25.3. The van der Waals surface area contributed by atoms with Gasteiger partial charge in [-0.3, -0.25) is 4.90 Å². The Morgan fingerprint density at radius 1 is 1.23 bits per heavy atom. The van der Waals surface area contributed by atoms with Crippen molar-refractivity contribution < 1.29 is 19.4 Å². The van der Waals surface area contributed by atoms with E-state index in [1.54, 1.807) is 20.8 Å². The number of nitrogens with zero attached hydrogens (tertiary/aromatic N) is 1. The number of carboxylic acid groups (broad SMARTS) is 1. The molecule has 1 N–H and O–H groups in total. The lowest BCUT2D eigenvalue weighted by Gasteiger charge is -2.53. The minimum absolute atomic E-state index is 0.383. The summed E-state index contributed by atoms with van der Waals surface area (Å²) in [5, 5.41) is 9.61. The average molecular weight is 303 g/mol. The van der Waals surface area contributed by atoms with Crippen molar-refractivity contribution in [3.8, 4) is 0 Å². The summed E-state index contributed by atoms with van der Waals surface area (Å²) in [5.74, 6) is -0.954. The third kappa shape index (κ3) is 2.34. The molecule has 118 valence electrons. The summed E-state index contributed by atoms with van der Waals surface area (Å²) in [5.41, 5.74) is 1.38. The van der Waals surface area contributed by atoms with Gasteiger partial charge in [0.25, 0.3) is 0 Å². The third-order valence-electron chi connectivity index (χ3n) is 4.44. The van der Waals surface area contributed by atoms with Gasteiger partial charge >= 0.3 is 12.1 Å². The van der Waals surface area contributed by atoms with Gasteiger partial charge in [0, 0.05) is 12.0 Å². The molecule has 0 aromatic heterocycles. The lowest BCUT2D eigenvalue weighted by molar-refractivity contribution is -0.162. The van der Waals surface area contributed by atoms with E-state index in [0.29, 0.717) is 19.4 Å². The standard InChI is InChI=1S/C17H21NO4/c1-16(2,3)22-15(21)18-10-17(13(18)14(19)20)8-11-6-4-5-7-12(11)9-17/h4-7,13H,8-10H2,1-3H3,(H,19,20). The predicted molar refractivity (Wildman–Crippen MR) is 80.6 cm³/mol. The van der Waals surface area contributed by atoms with Crippen molar-refractivity contribution in [1.29, 1.82) is 0 Å². The van der Waals surface area contributed by atoms with Crippen LogP contribution in [0, 0.1) is 5.41 Å². The highest BCUT2D eigenvalue weighted by molar-refractivity contribution is 5.84. The smallest absolute Gasteiger partial charge is 0.411 e. The maximum absolute atomic E-state index is 12.2. The SMILES string of the molecule is CC(C)(C)OC(=O)N1CC2(Cc3ccccc3C2)C1C(=O)O. The molecule has 1 aromatic rings. The molecule has 1 amide bonds. The van der Waals surface area contributed by atoms with E-state index in [0.717, 1.165) is 0 Å². The van der Waals surface area contributed by atoms with E-state index in [4.69, 9.17) is 4.74 Å². The molecular weight excluding hydrogens is 282 g/mol. The molecule has 0 bridgehead atoms. The molecule has 1 heterocycles. The number of hydrogen-bond acceptors (Lipinski definition) is 3. The zero-order valence-corrected chi connectivity index (χ0v) is 13.1. The number of carbonyl (C=O) groups excluding carboxylic acids is 1. The van der Waals surface area contributed by atoms with Crippen LogP contribution in [0.25, 0.3) is 0 Å². The Morgan fingerprint density at radius 2 is 1.77 bits per heavy atom. The Labute approximate surface area is 129 Å². The fourth-order valence-corrected chi connectivity index (χ4v) is 3.65. The van der Waals surface area contributed by atoms with E-state index in [9.17, 15) is 14.7 Å². The van der Waals surface area contributed by atoms with Crippen LogP contribution in [0.4, 0.5) is 4.79 Å². The largest absolute Gasteiger partial charge is 0.480 e. The van der Waals surface area contributed by atoms with Gasteiger partial charge < -0.3 is 9.84 Å². The average Bonchev–Trinajstić information content (AvgIpc) is 2.74.